The molecule has 1 fully saturated rings. The van der Waals surface area contributed by atoms with Crippen molar-refractivity contribution in [1.29, 1.82) is 0 Å². The minimum absolute atomic E-state index is 0.0767. The first-order valence-electron chi connectivity index (χ1n) is 7.32. The highest BCUT2D eigenvalue weighted by atomic mass is 32.2. The Morgan fingerprint density at radius 3 is 2.16 bits per heavy atom. The highest BCUT2D eigenvalue weighted by Gasteiger charge is 2.29. The second-order valence-corrected chi connectivity index (χ2v) is 8.56. The molecule has 2 rings (SSSR count). The first-order chi connectivity index (χ1) is 11.5. The van der Waals surface area contributed by atoms with Gasteiger partial charge in [0.05, 0.1) is 6.26 Å². The second-order valence-electron chi connectivity index (χ2n) is 5.44. The van der Waals surface area contributed by atoms with Crippen LogP contribution in [0, 0.1) is 0 Å². The molecule has 0 aromatic heterocycles. The predicted molar refractivity (Wildman–Crippen MR) is 90.4 cm³/mol. The zero-order valence-electron chi connectivity index (χ0n) is 13.4. The van der Waals surface area contributed by atoms with Gasteiger partial charge in [-0.2, -0.15) is 17.5 Å². The molecule has 10 heteroatoms. The van der Waals surface area contributed by atoms with Gasteiger partial charge in [0.1, 0.15) is 0 Å². The van der Waals surface area contributed by atoms with Crippen LogP contribution in [0.15, 0.2) is 35.2 Å². The van der Waals surface area contributed by atoms with Crippen LogP contribution in [0.2, 0.25) is 0 Å². The van der Waals surface area contributed by atoms with Crippen LogP contribution in [0.3, 0.4) is 0 Å². The molecule has 1 heterocycles. The van der Waals surface area contributed by atoms with E-state index in [1.54, 1.807) is 0 Å². The Hall–Kier alpha value is -1.52. The third kappa shape index (κ3) is 6.37. The van der Waals surface area contributed by atoms with Gasteiger partial charge in [0.2, 0.25) is 15.9 Å². The number of hydrogen-bond donors (Lipinski definition) is 0. The van der Waals surface area contributed by atoms with Gasteiger partial charge in [-0.25, -0.2) is 8.42 Å². The maximum absolute atomic E-state index is 12.3. The first kappa shape index (κ1) is 19.8. The summed E-state index contributed by atoms with van der Waals surface area (Å²) < 4.78 is 60.9. The van der Waals surface area contributed by atoms with Gasteiger partial charge in [-0.15, -0.1) is 0 Å². The number of amides is 1. The summed E-state index contributed by atoms with van der Waals surface area (Å²) in [5.41, 5.74) is -3.73. The molecule has 0 aliphatic carbocycles. The lowest BCUT2D eigenvalue weighted by Gasteiger charge is -2.32. The Balaban J connectivity index is 1.90. The van der Waals surface area contributed by atoms with E-state index >= 15 is 0 Å². The largest absolute Gasteiger partial charge is 0.446 e. The maximum atomic E-state index is 12.3. The number of piperazine rings is 1. The third-order valence-corrected chi connectivity index (χ3v) is 5.59. The minimum Gasteiger partial charge on any atom is -0.337 e. The SMILES string of the molecule is CS(=O)(=O)N1CCN(C(=O)/C=C/c2ccc(SC(F)(F)F)cc2)CC1. The van der Waals surface area contributed by atoms with E-state index in [1.165, 1.54) is 45.6 Å². The van der Waals surface area contributed by atoms with Gasteiger partial charge in [-0.3, -0.25) is 4.79 Å². The number of thioether (sulfide) groups is 1. The van der Waals surface area contributed by atoms with Crippen LogP contribution in [0.4, 0.5) is 13.2 Å². The molecule has 1 saturated heterocycles. The number of nitrogens with zero attached hydrogens (tertiary/aromatic N) is 2. The van der Waals surface area contributed by atoms with Crippen molar-refractivity contribution in [3.63, 3.8) is 0 Å². The van der Waals surface area contributed by atoms with Gasteiger partial charge < -0.3 is 4.90 Å². The van der Waals surface area contributed by atoms with Crippen LogP contribution < -0.4 is 0 Å². The Labute approximate surface area is 148 Å². The monoisotopic (exact) mass is 394 g/mol. The molecule has 1 aliphatic rings. The summed E-state index contributed by atoms with van der Waals surface area (Å²) in [6.45, 7) is 1.11. The Morgan fingerprint density at radius 1 is 1.12 bits per heavy atom. The number of benzene rings is 1. The molecule has 0 unspecified atom stereocenters. The Morgan fingerprint density at radius 2 is 1.68 bits per heavy atom. The van der Waals surface area contributed by atoms with Crippen molar-refractivity contribution >= 4 is 33.8 Å². The molecule has 5 nitrogen and oxygen atoms in total. The smallest absolute Gasteiger partial charge is 0.337 e. The number of hydrogen-bond acceptors (Lipinski definition) is 4. The lowest BCUT2D eigenvalue weighted by atomic mass is 10.2. The normalized spacial score (nSPS) is 17.2. The van der Waals surface area contributed by atoms with E-state index in [1.807, 2.05) is 0 Å². The highest BCUT2D eigenvalue weighted by Crippen LogP contribution is 2.36. The van der Waals surface area contributed by atoms with Crippen LogP contribution in [-0.2, 0) is 14.8 Å². The standard InChI is InChI=1S/C15H17F3N2O3S2/c1-25(22,23)20-10-8-19(9-11-20)14(21)7-4-12-2-5-13(6-3-12)24-15(16,17)18/h2-7H,8-11H2,1H3/b7-4+. The summed E-state index contributed by atoms with van der Waals surface area (Å²) in [6.07, 6.45) is 3.99. The molecule has 1 amide bonds. The van der Waals surface area contributed by atoms with Gasteiger partial charge >= 0.3 is 5.51 Å². The van der Waals surface area contributed by atoms with Crippen molar-refractivity contribution in [1.82, 2.24) is 9.21 Å². The van der Waals surface area contributed by atoms with Crippen LogP contribution in [-0.4, -0.2) is 61.5 Å². The maximum Gasteiger partial charge on any atom is 0.446 e. The van der Waals surface area contributed by atoms with E-state index < -0.39 is 15.5 Å². The second kappa shape index (κ2) is 7.79. The first-order valence-corrected chi connectivity index (χ1v) is 9.99. The summed E-state index contributed by atoms with van der Waals surface area (Å²) >= 11 is -0.194. The zero-order valence-corrected chi connectivity index (χ0v) is 15.0. The number of sulfonamides is 1. The van der Waals surface area contributed by atoms with E-state index in [4.69, 9.17) is 0 Å². The molecule has 138 valence electrons. The van der Waals surface area contributed by atoms with E-state index in [0.717, 1.165) is 6.26 Å². The molecular weight excluding hydrogens is 377 g/mol. The molecule has 0 spiro atoms. The highest BCUT2D eigenvalue weighted by molar-refractivity contribution is 8.00. The van der Waals surface area contributed by atoms with Crippen molar-refractivity contribution in [3.05, 3.63) is 35.9 Å². The van der Waals surface area contributed by atoms with E-state index in [9.17, 15) is 26.4 Å². The average molecular weight is 394 g/mol. The topological polar surface area (TPSA) is 57.7 Å². The van der Waals surface area contributed by atoms with E-state index in [2.05, 4.69) is 0 Å². The molecule has 0 N–H and O–H groups in total. The Kier molecular flexibility index (Phi) is 6.17. The minimum atomic E-state index is -4.33. The number of halogens is 3. The van der Waals surface area contributed by atoms with Crippen molar-refractivity contribution in [2.75, 3.05) is 32.4 Å². The van der Waals surface area contributed by atoms with Gasteiger partial charge in [-0.05, 0) is 35.5 Å². The van der Waals surface area contributed by atoms with Crippen LogP contribution in [0.25, 0.3) is 6.08 Å². The van der Waals surface area contributed by atoms with Crippen molar-refractivity contribution in [2.24, 2.45) is 0 Å². The molecule has 1 aromatic carbocycles. The summed E-state index contributed by atoms with van der Waals surface area (Å²) in [6, 6.07) is 5.68. The van der Waals surface area contributed by atoms with Gasteiger partial charge in [0.15, 0.2) is 0 Å². The van der Waals surface area contributed by atoms with Crippen molar-refractivity contribution in [3.8, 4) is 0 Å². The van der Waals surface area contributed by atoms with E-state index in [0.29, 0.717) is 18.7 Å². The summed E-state index contributed by atoms with van der Waals surface area (Å²) in [4.78, 5) is 13.7. The van der Waals surface area contributed by atoms with Crippen molar-refractivity contribution < 1.29 is 26.4 Å². The number of carbonyl (C=O) groups excluding carboxylic acids is 1. The predicted octanol–water partition coefficient (Wildman–Crippen LogP) is 2.42. The molecule has 25 heavy (non-hydrogen) atoms. The fourth-order valence-electron chi connectivity index (χ4n) is 2.29. The third-order valence-electron chi connectivity index (χ3n) is 3.55. The summed E-state index contributed by atoms with van der Waals surface area (Å²) in [5, 5.41) is 0. The van der Waals surface area contributed by atoms with Gasteiger partial charge in [-0.1, -0.05) is 12.1 Å². The lowest BCUT2D eigenvalue weighted by Crippen LogP contribution is -2.49. The van der Waals surface area contributed by atoms with Crippen LogP contribution in [0.5, 0.6) is 0 Å². The van der Waals surface area contributed by atoms with Gasteiger partial charge in [0, 0.05) is 37.2 Å². The lowest BCUT2D eigenvalue weighted by molar-refractivity contribution is -0.127. The summed E-state index contributed by atoms with van der Waals surface area (Å²) in [7, 11) is -3.25. The van der Waals surface area contributed by atoms with Crippen molar-refractivity contribution in [2.45, 2.75) is 10.4 Å². The molecule has 1 aliphatic heterocycles. The molecule has 0 atom stereocenters. The van der Waals surface area contributed by atoms with Crippen LogP contribution in [0.1, 0.15) is 5.56 Å². The zero-order chi connectivity index (χ0) is 18.7. The van der Waals surface area contributed by atoms with Gasteiger partial charge in [0.25, 0.3) is 0 Å². The molecule has 0 saturated carbocycles. The molecule has 0 radical (unpaired) electrons. The average Bonchev–Trinajstić information content (AvgIpc) is 2.52. The molecular formula is C15H17F3N2O3S2. The fraction of sp³-hybridized carbons (Fsp3) is 0.400. The quantitative estimate of drug-likeness (QED) is 0.581. The summed E-state index contributed by atoms with van der Waals surface area (Å²) in [5.74, 6) is -0.262. The molecule has 0 bridgehead atoms. The number of rotatable bonds is 4. The fourth-order valence-corrected chi connectivity index (χ4v) is 3.66. The number of carbonyl (C=O) groups is 1. The molecule has 1 aromatic rings. The van der Waals surface area contributed by atoms with Crippen LogP contribution >= 0.6 is 11.8 Å². The Bertz CT molecular complexity index is 738. The van der Waals surface area contributed by atoms with E-state index in [-0.39, 0.29) is 35.7 Å². The number of alkyl halides is 3.